The normalized spacial score (nSPS) is 13.3. The van der Waals surface area contributed by atoms with Crippen LogP contribution in [0.1, 0.15) is 6.85 Å². The van der Waals surface area contributed by atoms with Crippen molar-refractivity contribution in [2.75, 3.05) is 0 Å². The van der Waals surface area contributed by atoms with E-state index in [0.29, 0.717) is 5.56 Å². The van der Waals surface area contributed by atoms with Crippen molar-refractivity contribution in [1.29, 1.82) is 0 Å². The largest absolute Gasteiger partial charge is 0.135 e. The fraction of sp³-hybridized carbons (Fsp3) is 0. The third-order valence-electron chi connectivity index (χ3n) is 9.54. The van der Waals surface area contributed by atoms with Crippen molar-refractivity contribution in [3.05, 3.63) is 170 Å². The zero-order valence-corrected chi connectivity index (χ0v) is 26.0. The van der Waals surface area contributed by atoms with Crippen LogP contribution in [-0.2, 0) is 0 Å². The van der Waals surface area contributed by atoms with Crippen LogP contribution in [0, 0.1) is 0 Å². The second-order valence-corrected chi connectivity index (χ2v) is 13.1. The molecule has 1 heterocycles. The molecule has 10 aromatic rings. The lowest BCUT2D eigenvalue weighted by molar-refractivity contribution is 1.66. The van der Waals surface area contributed by atoms with Crippen LogP contribution in [0.25, 0.3) is 96.6 Å². The van der Waals surface area contributed by atoms with Crippen LogP contribution in [0.15, 0.2) is 170 Å². The highest BCUT2D eigenvalue weighted by Crippen LogP contribution is 2.47. The summed E-state index contributed by atoms with van der Waals surface area (Å²) in [6.45, 7) is 0. The standard InChI is InChI=1S/C46H28S/c1-2-11-29(12-3-1)31-22-25-36-37-26-23-32(28-44(37)47-43(36)27-31)45-39-15-6-8-17-41(39)46(42-18-9-7-16-40(42)45)38-20-10-19-34-33-14-5-4-13-30(33)21-24-35(34)38/h1-28H/i1D,2D,3D,11D,12D. The van der Waals surface area contributed by atoms with Gasteiger partial charge >= 0.3 is 0 Å². The van der Waals surface area contributed by atoms with Crippen molar-refractivity contribution in [1.82, 2.24) is 0 Å². The van der Waals surface area contributed by atoms with E-state index in [9.17, 15) is 0 Å². The molecule has 0 bridgehead atoms. The lowest BCUT2D eigenvalue weighted by Gasteiger charge is -2.19. The first-order valence-corrected chi connectivity index (χ1v) is 16.6. The molecule has 10 rings (SSSR count). The maximum Gasteiger partial charge on any atom is 0.0629 e. The van der Waals surface area contributed by atoms with E-state index in [4.69, 9.17) is 6.85 Å². The Morgan fingerprint density at radius 1 is 0.362 bits per heavy atom. The minimum Gasteiger partial charge on any atom is -0.135 e. The molecular weight excluding hydrogens is 585 g/mol. The summed E-state index contributed by atoms with van der Waals surface area (Å²) < 4.78 is 43.5. The first kappa shape index (κ1) is 21.9. The molecule has 0 N–H and O–H groups in total. The second kappa shape index (κ2) is 10.4. The molecule has 0 radical (unpaired) electrons. The molecule has 0 aliphatic heterocycles. The minimum atomic E-state index is -0.381. The summed E-state index contributed by atoms with van der Waals surface area (Å²) in [4.78, 5) is 0. The molecule has 47 heavy (non-hydrogen) atoms. The fourth-order valence-electron chi connectivity index (χ4n) is 7.47. The molecule has 0 nitrogen and oxygen atoms in total. The summed E-state index contributed by atoms with van der Waals surface area (Å²) in [5.41, 5.74) is 5.62. The van der Waals surface area contributed by atoms with E-state index in [0.717, 1.165) is 25.7 Å². The summed E-state index contributed by atoms with van der Waals surface area (Å²) in [6, 6.07) is 48.4. The van der Waals surface area contributed by atoms with Gasteiger partial charge in [0.2, 0.25) is 0 Å². The first-order chi connectivity index (χ1) is 25.4. The fourth-order valence-corrected chi connectivity index (χ4v) is 8.65. The van der Waals surface area contributed by atoms with Crippen molar-refractivity contribution < 1.29 is 6.85 Å². The van der Waals surface area contributed by atoms with Crippen LogP contribution in [0.4, 0.5) is 0 Å². The van der Waals surface area contributed by atoms with E-state index in [2.05, 4.69) is 121 Å². The molecule has 0 aliphatic rings. The van der Waals surface area contributed by atoms with Gasteiger partial charge in [0.15, 0.2) is 0 Å². The third kappa shape index (κ3) is 4.07. The minimum absolute atomic E-state index is 0.187. The van der Waals surface area contributed by atoms with Crippen molar-refractivity contribution in [3.63, 3.8) is 0 Å². The zero-order valence-electron chi connectivity index (χ0n) is 30.2. The summed E-state index contributed by atoms with van der Waals surface area (Å²) in [5.74, 6) is 0. The Morgan fingerprint density at radius 3 is 1.62 bits per heavy atom. The summed E-state index contributed by atoms with van der Waals surface area (Å²) in [5, 5.41) is 12.0. The first-order valence-electron chi connectivity index (χ1n) is 18.3. The Hall–Kier alpha value is -5.76. The van der Waals surface area contributed by atoms with Crippen LogP contribution in [0.2, 0.25) is 0 Å². The predicted molar refractivity (Wildman–Crippen MR) is 206 cm³/mol. The maximum absolute atomic E-state index is 8.52. The highest BCUT2D eigenvalue weighted by Gasteiger charge is 2.19. The van der Waals surface area contributed by atoms with Crippen LogP contribution >= 0.6 is 11.3 Å². The van der Waals surface area contributed by atoms with Gasteiger partial charge in [0.25, 0.3) is 0 Å². The van der Waals surface area contributed by atoms with E-state index in [1.165, 1.54) is 59.8 Å². The second-order valence-electron chi connectivity index (χ2n) is 12.1. The van der Waals surface area contributed by atoms with Gasteiger partial charge < -0.3 is 0 Å². The van der Waals surface area contributed by atoms with E-state index in [1.54, 1.807) is 11.3 Å². The maximum atomic E-state index is 8.52. The lowest BCUT2D eigenvalue weighted by atomic mass is 9.84. The van der Waals surface area contributed by atoms with Gasteiger partial charge in [-0.2, -0.15) is 0 Å². The highest BCUT2D eigenvalue weighted by atomic mass is 32.1. The molecule has 0 spiro atoms. The number of fused-ring (bicyclic) bond motifs is 8. The van der Waals surface area contributed by atoms with Gasteiger partial charge in [-0.25, -0.2) is 0 Å². The van der Waals surface area contributed by atoms with Crippen molar-refractivity contribution in [2.45, 2.75) is 0 Å². The molecule has 218 valence electrons. The Morgan fingerprint density at radius 2 is 0.915 bits per heavy atom. The topological polar surface area (TPSA) is 0 Å². The SMILES string of the molecule is [2H]c1c([2H])c([2H])c(-c2ccc3c(c2)sc2cc(-c4c5ccccc5c(-c5cccc6c5ccc5ccccc56)c5ccccc45)ccc23)c([2H])c1[2H]. The molecule has 1 heteroatoms. The van der Waals surface area contributed by atoms with E-state index in [-0.39, 0.29) is 35.8 Å². The summed E-state index contributed by atoms with van der Waals surface area (Å²) in [6.07, 6.45) is 0. The van der Waals surface area contributed by atoms with Gasteiger partial charge in [0.05, 0.1) is 6.85 Å². The number of rotatable bonds is 3. The number of hydrogen-bond acceptors (Lipinski definition) is 1. The van der Waals surface area contributed by atoms with Crippen molar-refractivity contribution in [3.8, 4) is 33.4 Å². The Bertz CT molecular complexity index is 3050. The molecule has 0 saturated carbocycles. The number of benzene rings is 9. The molecule has 1 aromatic heterocycles. The number of thiophene rings is 1. The van der Waals surface area contributed by atoms with Gasteiger partial charge in [-0.05, 0) is 88.6 Å². The molecule has 0 atom stereocenters. The molecule has 0 amide bonds. The molecular formula is C46H28S. The summed E-state index contributed by atoms with van der Waals surface area (Å²) in [7, 11) is 0. The van der Waals surface area contributed by atoms with Gasteiger partial charge in [0, 0.05) is 20.2 Å². The van der Waals surface area contributed by atoms with Gasteiger partial charge in [-0.15, -0.1) is 11.3 Å². The monoisotopic (exact) mass is 617 g/mol. The quantitative estimate of drug-likeness (QED) is 0.137. The van der Waals surface area contributed by atoms with Crippen LogP contribution in [0.5, 0.6) is 0 Å². The predicted octanol–water partition coefficient (Wildman–Crippen LogP) is 13.7. The Labute approximate surface area is 283 Å². The average molecular weight is 618 g/mol. The lowest BCUT2D eigenvalue weighted by Crippen LogP contribution is -1.91. The van der Waals surface area contributed by atoms with Crippen molar-refractivity contribution >= 4 is 74.6 Å². The molecule has 0 fully saturated rings. The Balaban J connectivity index is 1.20. The highest BCUT2D eigenvalue weighted by molar-refractivity contribution is 7.25. The van der Waals surface area contributed by atoms with Gasteiger partial charge in [-0.3, -0.25) is 0 Å². The molecule has 9 aromatic carbocycles. The van der Waals surface area contributed by atoms with E-state index in [1.807, 2.05) is 18.2 Å². The zero-order chi connectivity index (χ0) is 35.2. The van der Waals surface area contributed by atoms with E-state index < -0.39 is 0 Å². The van der Waals surface area contributed by atoms with Crippen LogP contribution < -0.4 is 0 Å². The smallest absolute Gasteiger partial charge is 0.0629 e. The molecule has 0 saturated heterocycles. The van der Waals surface area contributed by atoms with Gasteiger partial charge in [0.1, 0.15) is 0 Å². The molecule has 0 aliphatic carbocycles. The number of hydrogen-bond donors (Lipinski definition) is 0. The van der Waals surface area contributed by atoms with Crippen molar-refractivity contribution in [2.24, 2.45) is 0 Å². The van der Waals surface area contributed by atoms with Crippen LogP contribution in [-0.4, -0.2) is 0 Å². The summed E-state index contributed by atoms with van der Waals surface area (Å²) >= 11 is 1.66. The Kier molecular flexibility index (Phi) is 4.84. The molecule has 0 unspecified atom stereocenters. The van der Waals surface area contributed by atoms with E-state index >= 15 is 0 Å². The average Bonchev–Trinajstić information content (AvgIpc) is 3.55. The van der Waals surface area contributed by atoms with Gasteiger partial charge in [-0.1, -0.05) is 158 Å². The van der Waals surface area contributed by atoms with Crippen LogP contribution in [0.3, 0.4) is 0 Å². The third-order valence-corrected chi connectivity index (χ3v) is 10.7.